The van der Waals surface area contributed by atoms with Gasteiger partial charge in [-0.05, 0) is 0 Å². The van der Waals surface area contributed by atoms with Crippen molar-refractivity contribution < 1.29 is 21.6 Å². The van der Waals surface area contributed by atoms with Crippen LogP contribution in [0.1, 0.15) is 0 Å². The zero-order valence-corrected chi connectivity index (χ0v) is 6.45. The molecule has 1 aromatic carbocycles. The average Bonchev–Trinajstić information content (AvgIpc) is 2.01. The summed E-state index contributed by atoms with van der Waals surface area (Å²) in [6.07, 6.45) is 0. The Labute approximate surface area is 69.7 Å². The highest BCUT2D eigenvalue weighted by Crippen LogP contribution is 2.20. The van der Waals surface area contributed by atoms with Crippen molar-refractivity contribution in [2.75, 3.05) is 0 Å². The molecule has 12 heavy (non-hydrogen) atoms. The van der Waals surface area contributed by atoms with Gasteiger partial charge in [0.15, 0.2) is 35.1 Å². The third kappa shape index (κ3) is 1.76. The minimum Gasteiger partial charge on any atom is -0.399 e. The van der Waals surface area contributed by atoms with E-state index in [4.69, 9.17) is 0 Å². The molecule has 2 nitrogen and oxygen atoms in total. The van der Waals surface area contributed by atoms with E-state index in [0.717, 1.165) is 0 Å². The van der Waals surface area contributed by atoms with E-state index in [1.165, 1.54) is 0 Å². The number of rotatable bonds is 2. The van der Waals surface area contributed by atoms with Gasteiger partial charge in [-0.3, -0.25) is 0 Å². The summed E-state index contributed by atoms with van der Waals surface area (Å²) in [7, 11) is 0. The largest absolute Gasteiger partial charge is 0.399 e. The molecule has 0 saturated carbocycles. The van der Waals surface area contributed by atoms with E-state index in [1.807, 2.05) is 0 Å². The molecular formula is C6H3F3O2S. The standard InChI is InChI=1S/C6H3F3O2S/c7-3-1-5(9)6(11-12-10)2-4(3)8/h1-2,12H. The fourth-order valence-electron chi connectivity index (χ4n) is 0.614. The van der Waals surface area contributed by atoms with Crippen molar-refractivity contribution in [2.45, 2.75) is 0 Å². The van der Waals surface area contributed by atoms with Gasteiger partial charge in [-0.15, -0.1) is 0 Å². The van der Waals surface area contributed by atoms with Crippen LogP contribution in [-0.2, 0) is 11.9 Å². The van der Waals surface area contributed by atoms with Gasteiger partial charge in [0.1, 0.15) is 0 Å². The van der Waals surface area contributed by atoms with E-state index in [2.05, 4.69) is 4.18 Å². The van der Waals surface area contributed by atoms with Gasteiger partial charge >= 0.3 is 0 Å². The van der Waals surface area contributed by atoms with Gasteiger partial charge in [-0.1, -0.05) is 0 Å². The summed E-state index contributed by atoms with van der Waals surface area (Å²) in [5, 5.41) is 0. The van der Waals surface area contributed by atoms with Crippen molar-refractivity contribution in [1.29, 1.82) is 0 Å². The smallest absolute Gasteiger partial charge is 0.193 e. The van der Waals surface area contributed by atoms with Crippen molar-refractivity contribution in [3.05, 3.63) is 29.6 Å². The van der Waals surface area contributed by atoms with Crippen molar-refractivity contribution in [1.82, 2.24) is 0 Å². The molecule has 0 bridgehead atoms. The highest BCUT2D eigenvalue weighted by atomic mass is 32.2. The number of hydrogen-bond donors (Lipinski definition) is 1. The lowest BCUT2D eigenvalue weighted by Gasteiger charge is -1.99. The Balaban J connectivity index is 3.13. The van der Waals surface area contributed by atoms with Gasteiger partial charge in [0.05, 0.1) is 0 Å². The molecule has 0 unspecified atom stereocenters. The molecule has 66 valence electrons. The average molecular weight is 196 g/mol. The Kier molecular flexibility index (Phi) is 2.69. The maximum atomic E-state index is 12.5. The topological polar surface area (TPSA) is 26.3 Å². The molecule has 0 heterocycles. The van der Waals surface area contributed by atoms with Gasteiger partial charge in [0.25, 0.3) is 0 Å². The lowest BCUT2D eigenvalue weighted by Crippen LogP contribution is -1.93. The molecule has 0 atom stereocenters. The number of benzene rings is 1. The zero-order chi connectivity index (χ0) is 9.14. The minimum atomic E-state index is -1.32. The van der Waals surface area contributed by atoms with E-state index in [9.17, 15) is 17.4 Å². The van der Waals surface area contributed by atoms with Crippen LogP contribution in [0.3, 0.4) is 0 Å². The summed E-state index contributed by atoms with van der Waals surface area (Å²) in [5.41, 5.74) is 0. The second-order valence-corrected chi connectivity index (χ2v) is 2.19. The van der Waals surface area contributed by atoms with Crippen molar-refractivity contribution >= 4 is 11.9 Å². The number of hydrogen-bond acceptors (Lipinski definition) is 2. The molecule has 0 radical (unpaired) electrons. The summed E-state index contributed by atoms with van der Waals surface area (Å²) in [6.45, 7) is 0. The maximum Gasteiger partial charge on any atom is 0.193 e. The quantitative estimate of drug-likeness (QED) is 0.570. The Morgan fingerprint density at radius 3 is 2.25 bits per heavy atom. The van der Waals surface area contributed by atoms with Gasteiger partial charge in [0.2, 0.25) is 0 Å². The molecule has 0 aliphatic carbocycles. The number of thiol groups is 1. The molecule has 0 aliphatic heterocycles. The first-order valence-electron chi connectivity index (χ1n) is 2.79. The molecule has 0 N–H and O–H groups in total. The molecular weight excluding hydrogens is 193 g/mol. The van der Waals surface area contributed by atoms with E-state index in [0.29, 0.717) is 12.1 Å². The highest BCUT2D eigenvalue weighted by Gasteiger charge is 2.10. The van der Waals surface area contributed by atoms with Crippen molar-refractivity contribution in [2.24, 2.45) is 0 Å². The van der Waals surface area contributed by atoms with Crippen molar-refractivity contribution in [3.63, 3.8) is 0 Å². The van der Waals surface area contributed by atoms with E-state index in [-0.39, 0.29) is 0 Å². The number of halogens is 3. The summed E-state index contributed by atoms with van der Waals surface area (Å²) < 4.78 is 51.1. The normalized spacial score (nSPS) is 9.92. The maximum absolute atomic E-state index is 12.5. The molecule has 0 fully saturated rings. The first-order chi connectivity index (χ1) is 5.65. The fraction of sp³-hybridized carbons (Fsp3) is 0. The molecule has 1 aromatic rings. The zero-order valence-electron chi connectivity index (χ0n) is 5.55. The van der Waals surface area contributed by atoms with Crippen LogP contribution in [0.5, 0.6) is 5.75 Å². The van der Waals surface area contributed by atoms with Crippen LogP contribution >= 0.6 is 0 Å². The minimum absolute atomic E-state index is 0.315. The van der Waals surface area contributed by atoms with Gasteiger partial charge in [0, 0.05) is 12.1 Å². The monoisotopic (exact) mass is 196 g/mol. The van der Waals surface area contributed by atoms with Gasteiger partial charge in [-0.25, -0.2) is 17.4 Å². The summed E-state index contributed by atoms with van der Waals surface area (Å²) >= 11 is -0.825. The molecule has 0 amide bonds. The SMILES string of the molecule is O=[SH]Oc1cc(F)c(F)cc1F. The summed E-state index contributed by atoms with van der Waals surface area (Å²) in [5.74, 6) is -4.26. The van der Waals surface area contributed by atoms with Crippen LogP contribution < -0.4 is 4.18 Å². The Hall–Kier alpha value is -1.04. The first kappa shape index (κ1) is 9.05. The van der Waals surface area contributed by atoms with Crippen LogP contribution in [0.2, 0.25) is 0 Å². The van der Waals surface area contributed by atoms with Gasteiger partial charge in [-0.2, -0.15) is 0 Å². The molecule has 0 aliphatic rings. The van der Waals surface area contributed by atoms with Crippen LogP contribution in [0.4, 0.5) is 13.2 Å². The Morgan fingerprint density at radius 2 is 1.67 bits per heavy atom. The summed E-state index contributed by atoms with van der Waals surface area (Å²) in [6, 6.07) is 0.797. The van der Waals surface area contributed by atoms with Crippen LogP contribution in [0.25, 0.3) is 0 Å². The predicted molar refractivity (Wildman–Crippen MR) is 36.5 cm³/mol. The lowest BCUT2D eigenvalue weighted by molar-refractivity contribution is 0.468. The fourth-order valence-corrected chi connectivity index (χ4v) is 0.835. The molecule has 0 saturated heterocycles. The lowest BCUT2D eigenvalue weighted by atomic mass is 10.3. The Morgan fingerprint density at radius 1 is 1.08 bits per heavy atom. The van der Waals surface area contributed by atoms with Crippen LogP contribution in [-0.4, -0.2) is 4.21 Å². The Bertz CT molecular complexity index is 316. The third-order valence-electron chi connectivity index (χ3n) is 1.11. The van der Waals surface area contributed by atoms with E-state index < -0.39 is 35.1 Å². The third-order valence-corrected chi connectivity index (χ3v) is 1.38. The predicted octanol–water partition coefficient (Wildman–Crippen LogP) is 1.34. The van der Waals surface area contributed by atoms with Crippen LogP contribution in [0.15, 0.2) is 12.1 Å². The second-order valence-electron chi connectivity index (χ2n) is 1.86. The molecule has 6 heteroatoms. The van der Waals surface area contributed by atoms with Gasteiger partial charge < -0.3 is 4.18 Å². The highest BCUT2D eigenvalue weighted by molar-refractivity contribution is 7.60. The molecule has 1 rings (SSSR count). The first-order valence-corrected chi connectivity index (χ1v) is 3.52. The molecule has 0 spiro atoms. The summed E-state index contributed by atoms with van der Waals surface area (Å²) in [4.78, 5) is 0. The van der Waals surface area contributed by atoms with E-state index in [1.54, 1.807) is 0 Å². The van der Waals surface area contributed by atoms with E-state index >= 15 is 0 Å². The van der Waals surface area contributed by atoms with Crippen molar-refractivity contribution in [3.8, 4) is 5.75 Å². The second kappa shape index (κ2) is 3.57. The molecule has 0 aromatic heterocycles. The van der Waals surface area contributed by atoms with Crippen LogP contribution in [0, 0.1) is 17.5 Å².